The number of nitrogens with zero attached hydrogens (tertiary/aromatic N) is 1. The van der Waals surface area contributed by atoms with Crippen molar-refractivity contribution < 1.29 is 27.4 Å². The minimum atomic E-state index is -3.41. The molecule has 0 saturated heterocycles. The predicted molar refractivity (Wildman–Crippen MR) is 170 cm³/mol. The predicted octanol–water partition coefficient (Wildman–Crippen LogP) is 7.04. The van der Waals surface area contributed by atoms with Crippen molar-refractivity contribution in [1.82, 2.24) is 4.31 Å². The Balaban J connectivity index is 1.72. The number of esters is 1. The second-order valence-corrected chi connectivity index (χ2v) is 15.6. The molecule has 0 amide bonds. The van der Waals surface area contributed by atoms with Crippen molar-refractivity contribution in [2.75, 3.05) is 19.8 Å². The number of fused-ring (bicyclic) bond motifs is 2. The van der Waals surface area contributed by atoms with E-state index in [2.05, 4.69) is 26.8 Å². The molecule has 2 aliphatic heterocycles. The first-order valence-electron chi connectivity index (χ1n) is 16.1. The highest BCUT2D eigenvalue weighted by Gasteiger charge is 2.39. The monoisotopic (exact) mass is 611 g/mol. The van der Waals surface area contributed by atoms with Gasteiger partial charge >= 0.3 is 5.97 Å². The molecule has 0 bridgehead atoms. The van der Waals surface area contributed by atoms with E-state index < -0.39 is 27.7 Å². The third-order valence-electron chi connectivity index (χ3n) is 9.48. The fraction of sp³-hybridized carbons (Fsp3) is 0.629. The average Bonchev–Trinajstić information content (AvgIpc) is 2.98. The molecule has 2 aromatic carbocycles. The molecule has 5 rings (SSSR count). The van der Waals surface area contributed by atoms with Gasteiger partial charge in [0.15, 0.2) is 6.10 Å². The van der Waals surface area contributed by atoms with Gasteiger partial charge in [-0.2, -0.15) is 4.31 Å². The van der Waals surface area contributed by atoms with Gasteiger partial charge in [0, 0.05) is 18.7 Å². The summed E-state index contributed by atoms with van der Waals surface area (Å²) in [4.78, 5) is 13.7. The van der Waals surface area contributed by atoms with Crippen molar-refractivity contribution in [1.29, 1.82) is 0 Å². The molecule has 0 radical (unpaired) electrons. The third-order valence-corrected chi connectivity index (χ3v) is 11.8. The first-order valence-corrected chi connectivity index (χ1v) is 17.6. The van der Waals surface area contributed by atoms with Gasteiger partial charge in [-0.05, 0) is 131 Å². The Labute approximate surface area is 258 Å². The molecular formula is C35H49NO6S. The van der Waals surface area contributed by atoms with Crippen molar-refractivity contribution in [2.45, 2.75) is 123 Å². The molecule has 0 aromatic heterocycles. The summed E-state index contributed by atoms with van der Waals surface area (Å²) in [5.74, 6) is 0.511. The Kier molecular flexibility index (Phi) is 9.32. The zero-order valence-electron chi connectivity index (χ0n) is 27.1. The van der Waals surface area contributed by atoms with Gasteiger partial charge in [-0.1, -0.05) is 25.3 Å². The van der Waals surface area contributed by atoms with E-state index in [-0.39, 0.29) is 11.9 Å². The standard InChI is InChI=1S/C35H49NO6S/c1-8-40-34(37)33(42-35(5,6)7)32-23(3)26-18-19-36(43(38,39)25-13-10-9-11-14-25)21-29(26)24(4)31(32)28-16-17-30-27(22(28)2)15-12-20-41-30/h16-17,25,33H,8-15,18-21H2,1-7H3. The van der Waals surface area contributed by atoms with E-state index in [1.54, 1.807) is 4.31 Å². The molecule has 236 valence electrons. The third kappa shape index (κ3) is 6.25. The van der Waals surface area contributed by atoms with Crippen LogP contribution in [0.2, 0.25) is 0 Å². The lowest BCUT2D eigenvalue weighted by Crippen LogP contribution is -2.43. The maximum Gasteiger partial charge on any atom is 0.339 e. The number of carbonyl (C=O) groups excluding carboxylic acids is 1. The second kappa shape index (κ2) is 12.5. The molecule has 7 nitrogen and oxygen atoms in total. The number of rotatable bonds is 7. The molecule has 0 spiro atoms. The summed E-state index contributed by atoms with van der Waals surface area (Å²) >= 11 is 0. The van der Waals surface area contributed by atoms with Crippen LogP contribution in [0.25, 0.3) is 11.1 Å². The number of hydrogen-bond donors (Lipinski definition) is 0. The van der Waals surface area contributed by atoms with Crippen LogP contribution < -0.4 is 4.74 Å². The Hall–Kier alpha value is -2.42. The summed E-state index contributed by atoms with van der Waals surface area (Å²) in [6.07, 6.45) is 6.13. The molecule has 43 heavy (non-hydrogen) atoms. The lowest BCUT2D eigenvalue weighted by molar-refractivity contribution is -0.166. The minimum Gasteiger partial charge on any atom is -0.493 e. The Morgan fingerprint density at radius 3 is 2.37 bits per heavy atom. The van der Waals surface area contributed by atoms with E-state index in [1.165, 1.54) is 5.56 Å². The van der Waals surface area contributed by atoms with E-state index in [0.717, 1.165) is 95.2 Å². The van der Waals surface area contributed by atoms with Gasteiger partial charge in [0.25, 0.3) is 0 Å². The molecule has 1 fully saturated rings. The fourth-order valence-corrected chi connectivity index (χ4v) is 9.35. The average molecular weight is 612 g/mol. The fourth-order valence-electron chi connectivity index (χ4n) is 7.34. The number of hydrogen-bond acceptors (Lipinski definition) is 6. The Bertz CT molecular complexity index is 1480. The van der Waals surface area contributed by atoms with Gasteiger partial charge in [0.1, 0.15) is 5.75 Å². The molecule has 0 N–H and O–H groups in total. The van der Waals surface area contributed by atoms with Crippen LogP contribution in [0.5, 0.6) is 5.75 Å². The van der Waals surface area contributed by atoms with Crippen LogP contribution in [0.1, 0.15) is 111 Å². The van der Waals surface area contributed by atoms with Crippen molar-refractivity contribution in [2.24, 2.45) is 0 Å². The van der Waals surface area contributed by atoms with Crippen molar-refractivity contribution in [3.63, 3.8) is 0 Å². The van der Waals surface area contributed by atoms with E-state index in [0.29, 0.717) is 26.1 Å². The highest BCUT2D eigenvalue weighted by molar-refractivity contribution is 7.89. The smallest absolute Gasteiger partial charge is 0.339 e. The molecule has 1 aliphatic carbocycles. The largest absolute Gasteiger partial charge is 0.493 e. The first-order chi connectivity index (χ1) is 20.3. The molecule has 1 atom stereocenters. The Morgan fingerprint density at radius 2 is 1.70 bits per heavy atom. The number of carbonyl (C=O) groups is 1. The van der Waals surface area contributed by atoms with Crippen LogP contribution in [0.15, 0.2) is 12.1 Å². The number of sulfonamides is 1. The summed E-state index contributed by atoms with van der Waals surface area (Å²) in [6.45, 7) is 15.7. The minimum absolute atomic E-state index is 0.254. The first kappa shape index (κ1) is 32.0. The SMILES string of the molecule is CCOC(=O)C(OC(C)(C)C)c1c(C)c2c(c(C)c1-c1ccc3c(c1C)CCCO3)CN(S(=O)(=O)C1CCCCC1)CC2. The summed E-state index contributed by atoms with van der Waals surface area (Å²) in [5.41, 5.74) is 8.68. The van der Waals surface area contributed by atoms with E-state index in [9.17, 15) is 13.2 Å². The van der Waals surface area contributed by atoms with Gasteiger partial charge in [0.05, 0.1) is 24.1 Å². The molecule has 2 heterocycles. The van der Waals surface area contributed by atoms with Crippen LogP contribution >= 0.6 is 0 Å². The van der Waals surface area contributed by atoms with Gasteiger partial charge in [-0.15, -0.1) is 0 Å². The molecule has 1 saturated carbocycles. The lowest BCUT2D eigenvalue weighted by atomic mass is 9.79. The summed E-state index contributed by atoms with van der Waals surface area (Å²) in [5, 5.41) is -0.292. The summed E-state index contributed by atoms with van der Waals surface area (Å²) in [6, 6.07) is 4.13. The maximum atomic E-state index is 13.8. The molecule has 3 aliphatic rings. The van der Waals surface area contributed by atoms with Gasteiger partial charge in [-0.3, -0.25) is 0 Å². The van der Waals surface area contributed by atoms with Crippen LogP contribution in [0.3, 0.4) is 0 Å². The Morgan fingerprint density at radius 1 is 0.977 bits per heavy atom. The van der Waals surface area contributed by atoms with Gasteiger partial charge < -0.3 is 14.2 Å². The quantitative estimate of drug-likeness (QED) is 0.312. The molecule has 8 heteroatoms. The zero-order valence-corrected chi connectivity index (χ0v) is 27.9. The van der Waals surface area contributed by atoms with Crippen LogP contribution in [0.4, 0.5) is 0 Å². The van der Waals surface area contributed by atoms with Crippen molar-refractivity contribution in [3.05, 3.63) is 51.1 Å². The molecular weight excluding hydrogens is 562 g/mol. The summed E-state index contributed by atoms with van der Waals surface area (Å²) in [7, 11) is -3.41. The van der Waals surface area contributed by atoms with Gasteiger partial charge in [0.2, 0.25) is 10.0 Å². The lowest BCUT2D eigenvalue weighted by Gasteiger charge is -2.37. The highest BCUT2D eigenvalue weighted by atomic mass is 32.2. The van der Waals surface area contributed by atoms with E-state index in [1.807, 2.05) is 33.8 Å². The maximum absolute atomic E-state index is 13.8. The number of benzene rings is 2. The second-order valence-electron chi connectivity index (χ2n) is 13.4. The zero-order chi connectivity index (χ0) is 31.1. The topological polar surface area (TPSA) is 82.1 Å². The highest BCUT2D eigenvalue weighted by Crippen LogP contribution is 2.46. The van der Waals surface area contributed by atoms with Crippen molar-refractivity contribution >= 4 is 16.0 Å². The van der Waals surface area contributed by atoms with Crippen LogP contribution in [0, 0.1) is 20.8 Å². The normalized spacial score (nSPS) is 18.9. The van der Waals surface area contributed by atoms with Crippen LogP contribution in [-0.2, 0) is 43.7 Å². The van der Waals surface area contributed by atoms with Crippen LogP contribution in [-0.4, -0.2) is 49.3 Å². The van der Waals surface area contributed by atoms with Gasteiger partial charge in [-0.25, -0.2) is 13.2 Å². The summed E-state index contributed by atoms with van der Waals surface area (Å²) < 4.78 is 47.5. The van der Waals surface area contributed by atoms with E-state index >= 15 is 0 Å². The molecule has 2 aromatic rings. The van der Waals surface area contributed by atoms with E-state index in [4.69, 9.17) is 14.2 Å². The number of ether oxygens (including phenoxy) is 3. The van der Waals surface area contributed by atoms with Crippen molar-refractivity contribution in [3.8, 4) is 16.9 Å². The molecule has 1 unspecified atom stereocenters.